The van der Waals surface area contributed by atoms with Crippen LogP contribution in [0.25, 0.3) is 0 Å². The molecular formula is C21H27N3OS. The molecule has 0 saturated carbocycles. The summed E-state index contributed by atoms with van der Waals surface area (Å²) in [5.74, 6) is 0.698. The van der Waals surface area contributed by atoms with Gasteiger partial charge in [0.05, 0.1) is 0 Å². The lowest BCUT2D eigenvalue weighted by Crippen LogP contribution is -2.63. The first kappa shape index (κ1) is 17.6. The van der Waals surface area contributed by atoms with Gasteiger partial charge >= 0.3 is 6.03 Å². The number of carbonyl (C=O) groups excluding carboxylic acids is 1. The number of benzene rings is 1. The first-order valence-electron chi connectivity index (χ1n) is 9.64. The minimum absolute atomic E-state index is 0.0944. The number of carbonyl (C=O) groups is 1. The summed E-state index contributed by atoms with van der Waals surface area (Å²) in [6.45, 7) is 4.78. The van der Waals surface area contributed by atoms with E-state index < -0.39 is 0 Å². The monoisotopic (exact) mass is 369 g/mol. The van der Waals surface area contributed by atoms with E-state index in [9.17, 15) is 4.79 Å². The minimum Gasteiger partial charge on any atom is -0.338 e. The third-order valence-corrected chi connectivity index (χ3v) is 6.63. The number of urea groups is 1. The first-order chi connectivity index (χ1) is 12.8. The van der Waals surface area contributed by atoms with E-state index in [0.717, 1.165) is 39.1 Å². The summed E-state index contributed by atoms with van der Waals surface area (Å²) in [6.07, 6.45) is 3.38. The van der Waals surface area contributed by atoms with Gasteiger partial charge in [-0.3, -0.25) is 4.90 Å². The number of piperidine rings is 1. The molecule has 0 spiro atoms. The van der Waals surface area contributed by atoms with Crippen LogP contribution in [0.15, 0.2) is 47.8 Å². The molecule has 3 heterocycles. The van der Waals surface area contributed by atoms with Gasteiger partial charge in [0.2, 0.25) is 0 Å². The van der Waals surface area contributed by atoms with Crippen molar-refractivity contribution in [3.05, 3.63) is 58.3 Å². The highest BCUT2D eigenvalue weighted by atomic mass is 32.1. The van der Waals surface area contributed by atoms with Crippen LogP contribution in [-0.2, 0) is 6.42 Å². The average Bonchev–Trinajstić information content (AvgIpc) is 3.15. The van der Waals surface area contributed by atoms with Crippen LogP contribution < -0.4 is 5.32 Å². The van der Waals surface area contributed by atoms with Crippen LogP contribution in [0.1, 0.15) is 29.2 Å². The van der Waals surface area contributed by atoms with Crippen LogP contribution in [0, 0.1) is 0 Å². The van der Waals surface area contributed by atoms with Gasteiger partial charge in [-0.25, -0.2) is 4.79 Å². The normalized spacial score (nSPS) is 19.3. The van der Waals surface area contributed by atoms with Crippen molar-refractivity contribution in [3.63, 3.8) is 0 Å². The Morgan fingerprint density at radius 2 is 1.85 bits per heavy atom. The number of hydrogen-bond acceptors (Lipinski definition) is 3. The minimum atomic E-state index is 0.0944. The fourth-order valence-electron chi connectivity index (χ4n) is 4.03. The predicted octanol–water partition coefficient (Wildman–Crippen LogP) is 3.56. The third kappa shape index (κ3) is 4.10. The van der Waals surface area contributed by atoms with E-state index in [-0.39, 0.29) is 6.03 Å². The number of amides is 2. The molecule has 2 aliphatic rings. The SMILES string of the molecule is O=C(NCCc1cccs1)N1CC(N2CCC(c3ccccc3)CC2)C1. The Hall–Kier alpha value is -1.85. The summed E-state index contributed by atoms with van der Waals surface area (Å²) < 4.78 is 0. The van der Waals surface area contributed by atoms with Crippen LogP contribution >= 0.6 is 11.3 Å². The van der Waals surface area contributed by atoms with Crippen molar-refractivity contribution in [3.8, 4) is 0 Å². The molecule has 4 rings (SSSR count). The number of nitrogens with zero attached hydrogens (tertiary/aromatic N) is 2. The summed E-state index contributed by atoms with van der Waals surface area (Å²) in [5, 5.41) is 5.13. The molecule has 1 aromatic carbocycles. The van der Waals surface area contributed by atoms with Crippen molar-refractivity contribution in [2.75, 3.05) is 32.7 Å². The molecule has 4 nitrogen and oxygen atoms in total. The van der Waals surface area contributed by atoms with Crippen molar-refractivity contribution in [2.24, 2.45) is 0 Å². The van der Waals surface area contributed by atoms with Gasteiger partial charge in [-0.05, 0) is 55.3 Å². The van der Waals surface area contributed by atoms with E-state index in [1.54, 1.807) is 11.3 Å². The Balaban J connectivity index is 1.15. The second-order valence-electron chi connectivity index (χ2n) is 7.34. The molecule has 0 unspecified atom stereocenters. The zero-order valence-electron chi connectivity index (χ0n) is 15.1. The van der Waals surface area contributed by atoms with Gasteiger partial charge < -0.3 is 10.2 Å². The number of thiophene rings is 1. The van der Waals surface area contributed by atoms with Crippen LogP contribution in [0.2, 0.25) is 0 Å². The van der Waals surface area contributed by atoms with Gasteiger partial charge in [0.25, 0.3) is 0 Å². The van der Waals surface area contributed by atoms with Crippen LogP contribution in [0.5, 0.6) is 0 Å². The quantitative estimate of drug-likeness (QED) is 0.875. The number of nitrogens with one attached hydrogen (secondary N) is 1. The van der Waals surface area contributed by atoms with Crippen molar-refractivity contribution in [1.82, 2.24) is 15.1 Å². The Morgan fingerprint density at radius 3 is 2.54 bits per heavy atom. The standard InChI is InChI=1S/C21H27N3OS/c25-21(22-11-8-20-7-4-14-26-20)24-15-19(16-24)23-12-9-18(10-13-23)17-5-2-1-3-6-17/h1-7,14,18-19H,8-13,15-16H2,(H,22,25). The largest absolute Gasteiger partial charge is 0.338 e. The van der Waals surface area contributed by atoms with Crippen LogP contribution in [0.3, 0.4) is 0 Å². The van der Waals surface area contributed by atoms with Crippen molar-refractivity contribution in [2.45, 2.75) is 31.2 Å². The number of likely N-dealkylation sites (tertiary alicyclic amines) is 2. The molecule has 1 N–H and O–H groups in total. The van der Waals surface area contributed by atoms with E-state index >= 15 is 0 Å². The second-order valence-corrected chi connectivity index (χ2v) is 8.37. The van der Waals surface area contributed by atoms with E-state index in [0.29, 0.717) is 12.0 Å². The lowest BCUT2D eigenvalue weighted by atomic mass is 9.88. The Labute approximate surface area is 159 Å². The maximum absolute atomic E-state index is 12.2. The molecular weight excluding hydrogens is 342 g/mol. The number of rotatable bonds is 5. The highest BCUT2D eigenvalue weighted by Crippen LogP contribution is 2.30. The van der Waals surface area contributed by atoms with Gasteiger partial charge in [0.1, 0.15) is 0 Å². The molecule has 2 aromatic rings. The molecule has 0 bridgehead atoms. The Bertz CT molecular complexity index is 689. The summed E-state index contributed by atoms with van der Waals surface area (Å²) in [7, 11) is 0. The van der Waals surface area contributed by atoms with Crippen LogP contribution in [-0.4, -0.2) is 54.6 Å². The Kier molecular flexibility index (Phi) is 5.56. The molecule has 2 fully saturated rings. The molecule has 1 aromatic heterocycles. The topological polar surface area (TPSA) is 35.6 Å². The van der Waals surface area contributed by atoms with E-state index in [2.05, 4.69) is 58.1 Å². The predicted molar refractivity (Wildman–Crippen MR) is 107 cm³/mol. The van der Waals surface area contributed by atoms with E-state index in [1.807, 2.05) is 4.90 Å². The zero-order chi connectivity index (χ0) is 17.8. The maximum atomic E-state index is 12.2. The second kappa shape index (κ2) is 8.23. The molecule has 0 radical (unpaired) electrons. The first-order valence-corrected chi connectivity index (χ1v) is 10.5. The highest BCUT2D eigenvalue weighted by molar-refractivity contribution is 7.09. The number of hydrogen-bond donors (Lipinski definition) is 1. The van der Waals surface area contributed by atoms with Gasteiger partial charge in [-0.1, -0.05) is 36.4 Å². The van der Waals surface area contributed by atoms with Crippen molar-refractivity contribution in [1.29, 1.82) is 0 Å². The molecule has 5 heteroatoms. The highest BCUT2D eigenvalue weighted by Gasteiger charge is 2.36. The molecule has 138 valence electrons. The van der Waals surface area contributed by atoms with Crippen LogP contribution in [0.4, 0.5) is 4.79 Å². The molecule has 2 aliphatic heterocycles. The summed E-state index contributed by atoms with van der Waals surface area (Å²) >= 11 is 1.75. The van der Waals surface area contributed by atoms with Crippen molar-refractivity contribution < 1.29 is 4.79 Å². The summed E-state index contributed by atoms with van der Waals surface area (Å²) in [5.41, 5.74) is 1.48. The summed E-state index contributed by atoms with van der Waals surface area (Å²) in [4.78, 5) is 18.1. The maximum Gasteiger partial charge on any atom is 0.317 e. The van der Waals surface area contributed by atoms with Crippen molar-refractivity contribution >= 4 is 17.4 Å². The lowest BCUT2D eigenvalue weighted by Gasteiger charge is -2.47. The van der Waals surface area contributed by atoms with Gasteiger partial charge in [-0.15, -0.1) is 11.3 Å². The molecule has 2 saturated heterocycles. The Morgan fingerprint density at radius 1 is 1.08 bits per heavy atom. The third-order valence-electron chi connectivity index (χ3n) is 5.69. The molecule has 0 atom stereocenters. The summed E-state index contributed by atoms with van der Waals surface area (Å²) in [6, 6.07) is 15.7. The van der Waals surface area contributed by atoms with Gasteiger partial charge in [0, 0.05) is 30.6 Å². The average molecular weight is 370 g/mol. The van der Waals surface area contributed by atoms with Gasteiger partial charge in [-0.2, -0.15) is 0 Å². The zero-order valence-corrected chi connectivity index (χ0v) is 16.0. The lowest BCUT2D eigenvalue weighted by molar-refractivity contribution is 0.0415. The molecule has 26 heavy (non-hydrogen) atoms. The van der Waals surface area contributed by atoms with E-state index in [1.165, 1.54) is 23.3 Å². The fraction of sp³-hybridized carbons (Fsp3) is 0.476. The van der Waals surface area contributed by atoms with E-state index in [4.69, 9.17) is 0 Å². The fourth-order valence-corrected chi connectivity index (χ4v) is 4.74. The van der Waals surface area contributed by atoms with Gasteiger partial charge in [0.15, 0.2) is 0 Å². The molecule has 0 aliphatic carbocycles. The molecule has 2 amide bonds. The smallest absolute Gasteiger partial charge is 0.317 e.